The summed E-state index contributed by atoms with van der Waals surface area (Å²) in [5.74, 6) is 0.279. The lowest BCUT2D eigenvalue weighted by Gasteiger charge is -2.21. The van der Waals surface area contributed by atoms with Crippen molar-refractivity contribution in [3.8, 4) is 0 Å². The first kappa shape index (κ1) is 107. The lowest BCUT2D eigenvalue weighted by molar-refractivity contribution is -0.161. The molecule has 0 bridgehead atoms. The zero-order valence-corrected chi connectivity index (χ0v) is 73.8. The highest BCUT2D eigenvalue weighted by molar-refractivity contribution is 7.47. The minimum atomic E-state index is -4.97. The van der Waals surface area contributed by atoms with Crippen LogP contribution in [0.25, 0.3) is 0 Å². The fourth-order valence-corrected chi connectivity index (χ4v) is 15.6. The molecule has 109 heavy (non-hydrogen) atoms. The molecule has 0 aromatic carbocycles. The Bertz CT molecular complexity index is 2100. The third kappa shape index (κ3) is 82.4. The molecular formula is C90H176O17P2. The van der Waals surface area contributed by atoms with Gasteiger partial charge >= 0.3 is 39.5 Å². The van der Waals surface area contributed by atoms with Crippen molar-refractivity contribution in [1.29, 1.82) is 0 Å². The summed E-state index contributed by atoms with van der Waals surface area (Å²) >= 11 is 0. The second-order valence-corrected chi connectivity index (χ2v) is 36.4. The second kappa shape index (κ2) is 79.9. The summed E-state index contributed by atoms with van der Waals surface area (Å²) in [6.07, 6.45) is 72.3. The highest BCUT2D eigenvalue weighted by Gasteiger charge is 2.31. The molecule has 0 amide bonds. The van der Waals surface area contributed by atoms with Crippen molar-refractivity contribution in [3.63, 3.8) is 0 Å². The Morgan fingerprint density at radius 2 is 0.468 bits per heavy atom. The van der Waals surface area contributed by atoms with Crippen molar-refractivity contribution in [1.82, 2.24) is 0 Å². The summed E-state index contributed by atoms with van der Waals surface area (Å²) in [5, 5.41) is 10.7. The molecule has 0 spiro atoms. The van der Waals surface area contributed by atoms with E-state index in [1.807, 2.05) is 0 Å². The van der Waals surface area contributed by atoms with Crippen LogP contribution in [0.5, 0.6) is 0 Å². The first-order valence-corrected chi connectivity index (χ1v) is 49.4. The van der Waals surface area contributed by atoms with Gasteiger partial charge in [0.25, 0.3) is 0 Å². The predicted octanol–water partition coefficient (Wildman–Crippen LogP) is 27.6. The van der Waals surface area contributed by atoms with Crippen molar-refractivity contribution in [3.05, 3.63) is 0 Å². The van der Waals surface area contributed by atoms with Crippen LogP contribution in [0.15, 0.2) is 0 Å². The van der Waals surface area contributed by atoms with E-state index in [0.717, 1.165) is 108 Å². The fraction of sp³-hybridized carbons (Fsp3) is 0.956. The van der Waals surface area contributed by atoms with Gasteiger partial charge in [0.1, 0.15) is 19.3 Å². The molecule has 0 fully saturated rings. The van der Waals surface area contributed by atoms with Crippen molar-refractivity contribution in [2.45, 2.75) is 497 Å². The van der Waals surface area contributed by atoms with Gasteiger partial charge in [0, 0.05) is 25.7 Å². The van der Waals surface area contributed by atoms with Gasteiger partial charge in [0.15, 0.2) is 12.2 Å². The number of phosphoric ester groups is 2. The first-order chi connectivity index (χ1) is 52.8. The number of carbonyl (C=O) groups excluding carboxylic acids is 4. The van der Waals surface area contributed by atoms with E-state index >= 15 is 0 Å². The summed E-state index contributed by atoms with van der Waals surface area (Å²) < 4.78 is 69.0. The Morgan fingerprint density at radius 3 is 0.697 bits per heavy atom. The third-order valence-electron chi connectivity index (χ3n) is 21.5. The smallest absolute Gasteiger partial charge is 0.462 e. The number of rotatable bonds is 88. The van der Waals surface area contributed by atoms with E-state index in [2.05, 4.69) is 48.5 Å². The standard InChI is InChI=1S/C90H176O17P2/c1-8-10-11-12-13-14-15-16-17-18-19-20-21-25-28-31-36-43-50-57-64-71-87(92)100-77-85(106-89(94)73-66-59-52-44-37-32-29-26-23-22-24-27-30-35-42-49-56-63-70-83(7)9-2)79-104-108(96,97)102-75-84(91)76-103-109(98,99)105-80-86(78-101-88(93)72-65-58-51-46-39-41-48-55-62-69-82(5)6)107-90(95)74-67-60-53-45-38-33-34-40-47-54-61-68-81(3)4/h81-86,91H,8-80H2,1-7H3,(H,96,97)(H,98,99)/t83?,84-,85-,86-/m1/s1. The van der Waals surface area contributed by atoms with Gasteiger partial charge in [0.05, 0.1) is 26.4 Å². The van der Waals surface area contributed by atoms with Crippen molar-refractivity contribution < 1.29 is 80.2 Å². The number of hydrogen-bond acceptors (Lipinski definition) is 15. The van der Waals surface area contributed by atoms with Crippen molar-refractivity contribution in [2.75, 3.05) is 39.6 Å². The van der Waals surface area contributed by atoms with Gasteiger partial charge in [-0.2, -0.15) is 0 Å². The molecule has 17 nitrogen and oxygen atoms in total. The summed E-state index contributed by atoms with van der Waals surface area (Å²) in [5.41, 5.74) is 0. The predicted molar refractivity (Wildman–Crippen MR) is 451 cm³/mol. The zero-order valence-electron chi connectivity index (χ0n) is 72.0. The number of aliphatic hydroxyl groups is 1. The lowest BCUT2D eigenvalue weighted by Crippen LogP contribution is -2.30. The molecule has 0 saturated carbocycles. The molecule has 0 aromatic heterocycles. The van der Waals surface area contributed by atoms with Crippen LogP contribution in [0.3, 0.4) is 0 Å². The molecule has 19 heteroatoms. The maximum absolute atomic E-state index is 13.2. The monoisotopic (exact) mass is 1590 g/mol. The van der Waals surface area contributed by atoms with E-state index in [9.17, 15) is 43.2 Å². The second-order valence-electron chi connectivity index (χ2n) is 33.5. The molecular weight excluding hydrogens is 1410 g/mol. The van der Waals surface area contributed by atoms with E-state index in [1.165, 1.54) is 289 Å². The Morgan fingerprint density at radius 1 is 0.266 bits per heavy atom. The number of unbranched alkanes of at least 4 members (excludes halogenated alkanes) is 55. The van der Waals surface area contributed by atoms with Gasteiger partial charge in [0.2, 0.25) is 0 Å². The van der Waals surface area contributed by atoms with Gasteiger partial charge in [-0.05, 0) is 43.4 Å². The van der Waals surface area contributed by atoms with Crippen LogP contribution in [0.2, 0.25) is 0 Å². The average Bonchev–Trinajstić information content (AvgIpc) is 0.899. The Labute approximate surface area is 670 Å². The summed E-state index contributed by atoms with van der Waals surface area (Å²) in [4.78, 5) is 73.4. The molecule has 3 unspecified atom stereocenters. The average molecular weight is 1590 g/mol. The van der Waals surface area contributed by atoms with E-state index in [0.29, 0.717) is 25.7 Å². The van der Waals surface area contributed by atoms with Gasteiger partial charge in [-0.25, -0.2) is 9.13 Å². The van der Waals surface area contributed by atoms with Crippen molar-refractivity contribution in [2.24, 2.45) is 17.8 Å². The van der Waals surface area contributed by atoms with Crippen LogP contribution in [0.1, 0.15) is 479 Å². The molecule has 6 atom stereocenters. The Kier molecular flexibility index (Phi) is 78.5. The van der Waals surface area contributed by atoms with Crippen LogP contribution >= 0.6 is 15.6 Å². The number of aliphatic hydroxyl groups excluding tert-OH is 1. The zero-order chi connectivity index (χ0) is 80.0. The van der Waals surface area contributed by atoms with Gasteiger partial charge < -0.3 is 33.8 Å². The number of ether oxygens (including phenoxy) is 4. The molecule has 0 aliphatic heterocycles. The molecule has 0 aromatic rings. The maximum Gasteiger partial charge on any atom is 0.472 e. The summed E-state index contributed by atoms with van der Waals surface area (Å²) in [7, 11) is -9.93. The normalized spacial score (nSPS) is 14.1. The fourth-order valence-electron chi connectivity index (χ4n) is 14.0. The maximum atomic E-state index is 13.2. The molecule has 0 aliphatic carbocycles. The van der Waals surface area contributed by atoms with Crippen LogP contribution in [0.4, 0.5) is 0 Å². The van der Waals surface area contributed by atoms with Gasteiger partial charge in [-0.1, -0.05) is 427 Å². The summed E-state index contributed by atoms with van der Waals surface area (Å²) in [6, 6.07) is 0. The molecule has 648 valence electrons. The van der Waals surface area contributed by atoms with Crippen LogP contribution in [-0.2, 0) is 65.4 Å². The van der Waals surface area contributed by atoms with Gasteiger partial charge in [-0.3, -0.25) is 37.3 Å². The number of esters is 4. The number of phosphoric acid groups is 2. The third-order valence-corrected chi connectivity index (χ3v) is 23.4. The summed E-state index contributed by atoms with van der Waals surface area (Å²) in [6.45, 7) is 12.0. The lowest BCUT2D eigenvalue weighted by atomic mass is 9.99. The van der Waals surface area contributed by atoms with E-state index in [4.69, 9.17) is 37.0 Å². The Hall–Kier alpha value is -1.94. The molecule has 0 radical (unpaired) electrons. The number of carbonyl (C=O) groups is 4. The van der Waals surface area contributed by atoms with E-state index < -0.39 is 97.5 Å². The SMILES string of the molecule is CCCCCCCCCCCCCCCCCCCCCCCC(=O)OC[C@H](COP(=O)(O)OC[C@@H](O)COP(=O)(O)OC[C@@H](COC(=O)CCCCCCCCCCCC(C)C)OC(=O)CCCCCCCCCCCCCC(C)C)OC(=O)CCCCCCCCCCCCCCCCCCCCC(C)CC. The topological polar surface area (TPSA) is 237 Å². The molecule has 3 N–H and O–H groups in total. The van der Waals surface area contributed by atoms with Crippen LogP contribution in [-0.4, -0.2) is 96.7 Å². The highest BCUT2D eigenvalue weighted by Crippen LogP contribution is 2.45. The molecule has 0 heterocycles. The minimum Gasteiger partial charge on any atom is -0.462 e. The van der Waals surface area contributed by atoms with Gasteiger partial charge in [-0.15, -0.1) is 0 Å². The van der Waals surface area contributed by atoms with Crippen LogP contribution in [0, 0.1) is 17.8 Å². The van der Waals surface area contributed by atoms with E-state index in [1.54, 1.807) is 0 Å². The molecule has 0 saturated heterocycles. The van der Waals surface area contributed by atoms with E-state index in [-0.39, 0.29) is 25.7 Å². The molecule has 0 aliphatic rings. The largest absolute Gasteiger partial charge is 0.472 e. The highest BCUT2D eigenvalue weighted by atomic mass is 31.2. The molecule has 0 rings (SSSR count). The van der Waals surface area contributed by atoms with Crippen LogP contribution < -0.4 is 0 Å². The number of hydrogen-bond donors (Lipinski definition) is 3. The van der Waals surface area contributed by atoms with Crippen molar-refractivity contribution >= 4 is 39.5 Å². The quantitative estimate of drug-likeness (QED) is 0.0222. The Balaban J connectivity index is 5.23. The first-order valence-electron chi connectivity index (χ1n) is 46.4. The minimum absolute atomic E-state index is 0.106.